The average molecular weight is 369 g/mol. The Morgan fingerprint density at radius 1 is 1.04 bits per heavy atom. The third-order valence-corrected chi connectivity index (χ3v) is 5.50. The number of fused-ring (bicyclic) bond motifs is 1. The minimum atomic E-state index is 0.320. The topological polar surface area (TPSA) is 28.3 Å². The van der Waals surface area contributed by atoms with Gasteiger partial charge < -0.3 is 14.6 Å². The summed E-state index contributed by atoms with van der Waals surface area (Å²) in [5, 5.41) is 2.12. The van der Waals surface area contributed by atoms with Crippen LogP contribution in [0.2, 0.25) is 5.02 Å². The molecule has 2 heterocycles. The lowest BCUT2D eigenvalue weighted by Crippen LogP contribution is -2.38. The molecular formula is C22H25ClN2O. The van der Waals surface area contributed by atoms with E-state index in [2.05, 4.69) is 40.3 Å². The van der Waals surface area contributed by atoms with Crippen molar-refractivity contribution in [2.45, 2.75) is 31.8 Å². The Hall–Kier alpha value is -1.97. The van der Waals surface area contributed by atoms with E-state index in [0.717, 1.165) is 49.7 Å². The molecule has 3 aromatic rings. The zero-order chi connectivity index (χ0) is 17.8. The molecule has 136 valence electrons. The van der Waals surface area contributed by atoms with E-state index in [1.54, 1.807) is 0 Å². The number of ether oxygens (including phenoxy) is 1. The van der Waals surface area contributed by atoms with Gasteiger partial charge >= 0.3 is 0 Å². The zero-order valence-corrected chi connectivity index (χ0v) is 15.7. The number of nitrogens with one attached hydrogen (secondary N) is 1. The van der Waals surface area contributed by atoms with Gasteiger partial charge in [-0.1, -0.05) is 29.8 Å². The van der Waals surface area contributed by atoms with Gasteiger partial charge in [0.15, 0.2) is 0 Å². The molecule has 4 rings (SSSR count). The molecule has 1 saturated heterocycles. The first-order valence-corrected chi connectivity index (χ1v) is 9.85. The van der Waals surface area contributed by atoms with Gasteiger partial charge in [-0.05, 0) is 68.1 Å². The van der Waals surface area contributed by atoms with Crippen LogP contribution in [0.3, 0.4) is 0 Å². The van der Waals surface area contributed by atoms with Gasteiger partial charge in [-0.15, -0.1) is 0 Å². The lowest BCUT2D eigenvalue weighted by Gasteiger charge is -2.32. The molecule has 2 aromatic carbocycles. The van der Waals surface area contributed by atoms with Crippen molar-refractivity contribution in [1.29, 1.82) is 0 Å². The number of aryl methyl sites for hydroxylation is 1. The average Bonchev–Trinajstić information content (AvgIpc) is 3.08. The Bertz CT molecular complexity index is 835. The molecule has 0 bridgehead atoms. The third kappa shape index (κ3) is 4.22. The van der Waals surface area contributed by atoms with Crippen molar-refractivity contribution in [2.24, 2.45) is 0 Å². The predicted octanol–water partition coefficient (Wildman–Crippen LogP) is 5.30. The Labute approximate surface area is 159 Å². The summed E-state index contributed by atoms with van der Waals surface area (Å²) in [6.45, 7) is 3.39. The van der Waals surface area contributed by atoms with Gasteiger partial charge in [0.1, 0.15) is 11.9 Å². The van der Waals surface area contributed by atoms with E-state index in [4.69, 9.17) is 16.3 Å². The highest BCUT2D eigenvalue weighted by Gasteiger charge is 2.20. The summed E-state index contributed by atoms with van der Waals surface area (Å²) in [4.78, 5) is 5.94. The van der Waals surface area contributed by atoms with E-state index in [1.165, 1.54) is 22.9 Å². The number of aromatic amines is 1. The number of hydrogen-bond acceptors (Lipinski definition) is 2. The summed E-state index contributed by atoms with van der Waals surface area (Å²) >= 11 is 5.93. The summed E-state index contributed by atoms with van der Waals surface area (Å²) in [5.74, 6) is 0.923. The molecule has 0 saturated carbocycles. The first-order valence-electron chi connectivity index (χ1n) is 9.47. The molecule has 1 aliphatic rings. The van der Waals surface area contributed by atoms with Crippen LogP contribution in [0.25, 0.3) is 10.9 Å². The van der Waals surface area contributed by atoms with Crippen molar-refractivity contribution in [1.82, 2.24) is 9.88 Å². The third-order valence-electron chi connectivity index (χ3n) is 5.25. The van der Waals surface area contributed by atoms with Crippen LogP contribution < -0.4 is 4.74 Å². The van der Waals surface area contributed by atoms with Gasteiger partial charge in [-0.25, -0.2) is 0 Å². The predicted molar refractivity (Wildman–Crippen MR) is 108 cm³/mol. The first kappa shape index (κ1) is 17.4. The number of piperidine rings is 1. The lowest BCUT2D eigenvalue weighted by atomic mass is 10.1. The number of nitrogens with zero attached hydrogens (tertiary/aromatic N) is 1. The van der Waals surface area contributed by atoms with Gasteiger partial charge in [-0.3, -0.25) is 0 Å². The summed E-state index contributed by atoms with van der Waals surface area (Å²) in [6.07, 6.45) is 7.00. The number of halogens is 1. The van der Waals surface area contributed by atoms with Crippen LogP contribution in [-0.4, -0.2) is 35.6 Å². The van der Waals surface area contributed by atoms with Crippen LogP contribution in [0, 0.1) is 0 Å². The molecule has 0 spiro atoms. The molecule has 1 aromatic heterocycles. The summed E-state index contributed by atoms with van der Waals surface area (Å²) < 4.78 is 6.08. The number of para-hydroxylation sites is 1. The largest absolute Gasteiger partial charge is 0.490 e. The summed E-state index contributed by atoms with van der Waals surface area (Å²) in [5.41, 5.74) is 2.67. The standard InChI is InChI=1S/C22H25ClN2O/c23-18-7-9-19(10-8-18)26-20-11-14-25(15-12-20)13-3-4-17-16-24-22-6-2-1-5-21(17)22/h1-2,5-10,16,20,24H,3-4,11-15H2. The van der Waals surface area contributed by atoms with Gasteiger partial charge in [0, 0.05) is 35.2 Å². The summed E-state index contributed by atoms with van der Waals surface area (Å²) in [6, 6.07) is 16.2. The number of benzene rings is 2. The normalized spacial score (nSPS) is 16.2. The molecule has 4 heteroatoms. The molecule has 0 radical (unpaired) electrons. The molecule has 0 aliphatic carbocycles. The van der Waals surface area contributed by atoms with Gasteiger partial charge in [0.2, 0.25) is 0 Å². The number of aromatic nitrogens is 1. The number of rotatable bonds is 6. The van der Waals surface area contributed by atoms with Gasteiger partial charge in [-0.2, -0.15) is 0 Å². The van der Waals surface area contributed by atoms with E-state index in [9.17, 15) is 0 Å². The Morgan fingerprint density at radius 2 is 1.81 bits per heavy atom. The molecule has 0 amide bonds. The van der Waals surface area contributed by atoms with Crippen LogP contribution in [0.4, 0.5) is 0 Å². The van der Waals surface area contributed by atoms with Crippen molar-refractivity contribution in [3.05, 3.63) is 65.3 Å². The SMILES string of the molecule is Clc1ccc(OC2CCN(CCCc3c[nH]c4ccccc34)CC2)cc1. The fourth-order valence-corrected chi connectivity index (χ4v) is 3.91. The highest BCUT2D eigenvalue weighted by Crippen LogP contribution is 2.22. The second kappa shape index (κ2) is 8.15. The minimum absolute atomic E-state index is 0.320. The monoisotopic (exact) mass is 368 g/mol. The van der Waals surface area contributed by atoms with Gasteiger partial charge in [0.05, 0.1) is 0 Å². The van der Waals surface area contributed by atoms with Crippen LogP contribution in [0.5, 0.6) is 5.75 Å². The molecular weight excluding hydrogens is 344 g/mol. The molecule has 1 fully saturated rings. The molecule has 0 atom stereocenters. The molecule has 0 unspecified atom stereocenters. The van der Waals surface area contributed by atoms with Crippen molar-refractivity contribution >= 4 is 22.5 Å². The molecule has 3 nitrogen and oxygen atoms in total. The lowest BCUT2D eigenvalue weighted by molar-refractivity contribution is 0.1000. The van der Waals surface area contributed by atoms with Crippen LogP contribution >= 0.6 is 11.6 Å². The van der Waals surface area contributed by atoms with Crippen molar-refractivity contribution in [3.8, 4) is 5.75 Å². The van der Waals surface area contributed by atoms with Crippen molar-refractivity contribution in [3.63, 3.8) is 0 Å². The van der Waals surface area contributed by atoms with E-state index in [0.29, 0.717) is 6.10 Å². The van der Waals surface area contributed by atoms with Crippen LogP contribution in [-0.2, 0) is 6.42 Å². The smallest absolute Gasteiger partial charge is 0.119 e. The Balaban J connectivity index is 1.21. The highest BCUT2D eigenvalue weighted by molar-refractivity contribution is 6.30. The van der Waals surface area contributed by atoms with E-state index in [1.807, 2.05) is 24.3 Å². The van der Waals surface area contributed by atoms with Crippen LogP contribution in [0.15, 0.2) is 54.7 Å². The number of hydrogen-bond donors (Lipinski definition) is 1. The van der Waals surface area contributed by atoms with E-state index in [-0.39, 0.29) is 0 Å². The fraction of sp³-hybridized carbons (Fsp3) is 0.364. The Morgan fingerprint density at radius 3 is 2.62 bits per heavy atom. The maximum absolute atomic E-state index is 6.08. The van der Waals surface area contributed by atoms with E-state index < -0.39 is 0 Å². The number of H-pyrrole nitrogens is 1. The quantitative estimate of drug-likeness (QED) is 0.639. The number of likely N-dealkylation sites (tertiary alicyclic amines) is 1. The maximum atomic E-state index is 6.08. The second-order valence-corrected chi connectivity index (χ2v) is 7.51. The molecule has 1 aliphatic heterocycles. The van der Waals surface area contributed by atoms with Gasteiger partial charge in [0.25, 0.3) is 0 Å². The summed E-state index contributed by atoms with van der Waals surface area (Å²) in [7, 11) is 0. The fourth-order valence-electron chi connectivity index (χ4n) is 3.79. The highest BCUT2D eigenvalue weighted by atomic mass is 35.5. The van der Waals surface area contributed by atoms with Crippen molar-refractivity contribution < 1.29 is 4.74 Å². The zero-order valence-electron chi connectivity index (χ0n) is 15.0. The van der Waals surface area contributed by atoms with E-state index >= 15 is 0 Å². The maximum Gasteiger partial charge on any atom is 0.119 e. The van der Waals surface area contributed by atoms with Crippen molar-refractivity contribution in [2.75, 3.05) is 19.6 Å². The molecule has 1 N–H and O–H groups in total. The second-order valence-electron chi connectivity index (χ2n) is 7.08. The Kier molecular flexibility index (Phi) is 5.47. The first-order chi connectivity index (χ1) is 12.8. The molecule has 26 heavy (non-hydrogen) atoms. The minimum Gasteiger partial charge on any atom is -0.490 e. The van der Waals surface area contributed by atoms with Crippen LogP contribution in [0.1, 0.15) is 24.8 Å².